The van der Waals surface area contributed by atoms with Crippen molar-refractivity contribution in [1.29, 1.82) is 0 Å². The summed E-state index contributed by atoms with van der Waals surface area (Å²) >= 11 is 0. The van der Waals surface area contributed by atoms with Gasteiger partial charge in [0, 0.05) is 31.0 Å². The van der Waals surface area contributed by atoms with Crippen molar-refractivity contribution in [2.24, 2.45) is 5.92 Å². The Balaban J connectivity index is 1.34. The number of hydrogen-bond acceptors (Lipinski definition) is 5. The molecule has 1 aliphatic heterocycles. The number of ether oxygens (including phenoxy) is 2. The molecule has 2 aromatic carbocycles. The number of carboxylic acid groups (broad SMARTS) is 1. The van der Waals surface area contributed by atoms with Gasteiger partial charge < -0.3 is 24.8 Å². The molecule has 0 saturated carbocycles. The zero-order valence-electron chi connectivity index (χ0n) is 20.1. The molecule has 0 aromatic heterocycles. The van der Waals surface area contributed by atoms with E-state index in [1.165, 1.54) is 4.90 Å². The van der Waals surface area contributed by atoms with Crippen molar-refractivity contribution in [1.82, 2.24) is 10.2 Å². The van der Waals surface area contributed by atoms with Gasteiger partial charge in [-0.3, -0.25) is 9.59 Å². The van der Waals surface area contributed by atoms with Crippen molar-refractivity contribution in [3.05, 3.63) is 59.7 Å². The zero-order chi connectivity index (χ0) is 24.9. The molecule has 1 aliphatic carbocycles. The maximum Gasteiger partial charge on any atom is 0.407 e. The Hall–Kier alpha value is -3.39. The third kappa shape index (κ3) is 5.32. The lowest BCUT2D eigenvalue weighted by molar-refractivity contribution is -0.152. The molecule has 1 heterocycles. The van der Waals surface area contributed by atoms with Gasteiger partial charge in [0.2, 0.25) is 0 Å². The predicted octanol–water partition coefficient (Wildman–Crippen LogP) is 3.64. The van der Waals surface area contributed by atoms with Gasteiger partial charge in [0.05, 0.1) is 0 Å². The number of fused-ring (bicyclic) bond motifs is 3. The third-order valence-electron chi connectivity index (χ3n) is 7.02. The van der Waals surface area contributed by atoms with Crippen LogP contribution in [0, 0.1) is 5.92 Å². The lowest BCUT2D eigenvalue weighted by Crippen LogP contribution is -2.49. The number of carbonyl (C=O) groups is 3. The number of benzene rings is 2. The van der Waals surface area contributed by atoms with E-state index in [4.69, 9.17) is 9.47 Å². The minimum absolute atomic E-state index is 0.0302. The molecular weight excluding hydrogens is 448 g/mol. The molecule has 1 unspecified atom stereocenters. The first-order valence-corrected chi connectivity index (χ1v) is 12.1. The van der Waals surface area contributed by atoms with Crippen LogP contribution in [-0.4, -0.2) is 66.4 Å². The summed E-state index contributed by atoms with van der Waals surface area (Å²) in [5.74, 6) is -1.69. The fourth-order valence-electron chi connectivity index (χ4n) is 4.96. The number of nitrogens with zero attached hydrogens (tertiary/aromatic N) is 1. The minimum Gasteiger partial charge on any atom is -0.480 e. The van der Waals surface area contributed by atoms with Crippen LogP contribution in [0.2, 0.25) is 0 Å². The van der Waals surface area contributed by atoms with Crippen molar-refractivity contribution in [3.63, 3.8) is 0 Å². The number of carbonyl (C=O) groups excluding carboxylic acids is 2. The molecule has 186 valence electrons. The molecule has 4 rings (SSSR count). The van der Waals surface area contributed by atoms with Crippen molar-refractivity contribution >= 4 is 18.0 Å². The molecule has 0 bridgehead atoms. The average molecular weight is 481 g/mol. The Morgan fingerprint density at radius 1 is 1.11 bits per heavy atom. The van der Waals surface area contributed by atoms with Crippen molar-refractivity contribution in [2.75, 3.05) is 26.3 Å². The molecular formula is C27H32N2O6. The molecule has 2 amide bonds. The van der Waals surface area contributed by atoms with Crippen LogP contribution in [0.4, 0.5) is 4.79 Å². The summed E-state index contributed by atoms with van der Waals surface area (Å²) < 4.78 is 11.2. The summed E-state index contributed by atoms with van der Waals surface area (Å²) in [6.07, 6.45) is -0.0953. The number of amides is 2. The maximum atomic E-state index is 13.1. The summed E-state index contributed by atoms with van der Waals surface area (Å²) in [5, 5.41) is 12.0. The number of nitrogens with one attached hydrogen (secondary N) is 1. The first-order chi connectivity index (χ1) is 16.9. The largest absolute Gasteiger partial charge is 0.480 e. The number of aliphatic carboxylic acids is 1. The van der Waals surface area contributed by atoms with Gasteiger partial charge in [0.25, 0.3) is 5.91 Å². The van der Waals surface area contributed by atoms with E-state index in [1.54, 1.807) is 0 Å². The maximum absolute atomic E-state index is 13.1. The molecule has 0 spiro atoms. The quantitative estimate of drug-likeness (QED) is 0.568. The van der Waals surface area contributed by atoms with E-state index in [-0.39, 0.29) is 43.5 Å². The van der Waals surface area contributed by atoms with E-state index in [0.29, 0.717) is 19.4 Å². The van der Waals surface area contributed by atoms with Gasteiger partial charge in [-0.25, -0.2) is 4.79 Å². The standard InChI is InChI=1S/C27H32N2O6/c1-3-17(2)29(15-24(30)31)26(32)25-18(12-13-34-25)14-28-27(33)35-16-23-21-10-6-4-8-19(21)20-9-5-7-11-22(20)23/h4-11,17-18,23,25H,3,12-16H2,1-2H3,(H,28,33)(H,30,31)/t17?,18-,25-/m1/s1. The van der Waals surface area contributed by atoms with Crippen LogP contribution in [-0.2, 0) is 19.1 Å². The fraction of sp³-hybridized carbons (Fsp3) is 0.444. The molecule has 0 radical (unpaired) electrons. The topological polar surface area (TPSA) is 105 Å². The summed E-state index contributed by atoms with van der Waals surface area (Å²) in [6.45, 7) is 4.16. The van der Waals surface area contributed by atoms with Gasteiger partial charge in [-0.2, -0.15) is 0 Å². The molecule has 2 N–H and O–H groups in total. The number of alkyl carbamates (subject to hydrolysis) is 1. The van der Waals surface area contributed by atoms with E-state index in [9.17, 15) is 19.5 Å². The second-order valence-corrected chi connectivity index (χ2v) is 9.16. The second kappa shape index (κ2) is 10.9. The van der Waals surface area contributed by atoms with Crippen LogP contribution in [0.15, 0.2) is 48.5 Å². The molecule has 1 saturated heterocycles. The van der Waals surface area contributed by atoms with Crippen LogP contribution in [0.5, 0.6) is 0 Å². The third-order valence-corrected chi connectivity index (χ3v) is 7.02. The average Bonchev–Trinajstić information content (AvgIpc) is 3.46. The predicted molar refractivity (Wildman–Crippen MR) is 130 cm³/mol. The zero-order valence-corrected chi connectivity index (χ0v) is 20.1. The Morgan fingerprint density at radius 2 is 1.74 bits per heavy atom. The van der Waals surface area contributed by atoms with Gasteiger partial charge in [-0.05, 0) is 42.0 Å². The van der Waals surface area contributed by atoms with E-state index < -0.39 is 18.2 Å². The molecule has 8 nitrogen and oxygen atoms in total. The van der Waals surface area contributed by atoms with Crippen LogP contribution in [0.25, 0.3) is 11.1 Å². The van der Waals surface area contributed by atoms with E-state index >= 15 is 0 Å². The highest BCUT2D eigenvalue weighted by Gasteiger charge is 2.39. The minimum atomic E-state index is -1.06. The van der Waals surface area contributed by atoms with E-state index in [0.717, 1.165) is 22.3 Å². The Bertz CT molecular complexity index is 1040. The monoisotopic (exact) mass is 480 g/mol. The van der Waals surface area contributed by atoms with E-state index in [1.807, 2.05) is 38.1 Å². The lowest BCUT2D eigenvalue weighted by atomic mass is 9.98. The summed E-state index contributed by atoms with van der Waals surface area (Å²) in [7, 11) is 0. The van der Waals surface area contributed by atoms with Gasteiger partial charge in [0.1, 0.15) is 19.3 Å². The Kier molecular flexibility index (Phi) is 7.70. The summed E-state index contributed by atoms with van der Waals surface area (Å²) in [4.78, 5) is 38.2. The highest BCUT2D eigenvalue weighted by molar-refractivity contribution is 5.85. The second-order valence-electron chi connectivity index (χ2n) is 9.16. The molecule has 2 aromatic rings. The van der Waals surface area contributed by atoms with Gasteiger partial charge in [0.15, 0.2) is 0 Å². The van der Waals surface area contributed by atoms with Crippen molar-refractivity contribution < 1.29 is 29.0 Å². The van der Waals surface area contributed by atoms with Gasteiger partial charge in [-0.15, -0.1) is 0 Å². The van der Waals surface area contributed by atoms with Crippen molar-refractivity contribution in [3.8, 4) is 11.1 Å². The molecule has 8 heteroatoms. The van der Waals surface area contributed by atoms with Crippen LogP contribution < -0.4 is 5.32 Å². The SMILES string of the molecule is CCC(C)N(CC(=O)O)C(=O)[C@@H]1OCC[C@@H]1CNC(=O)OCC1c2ccccc2-c2ccccc21. The normalized spacial score (nSPS) is 19.5. The van der Waals surface area contributed by atoms with Crippen LogP contribution >= 0.6 is 0 Å². The number of rotatable bonds is 9. The highest BCUT2D eigenvalue weighted by Crippen LogP contribution is 2.44. The van der Waals surface area contributed by atoms with Crippen LogP contribution in [0.3, 0.4) is 0 Å². The fourth-order valence-corrected chi connectivity index (χ4v) is 4.96. The Labute approximate surface area is 205 Å². The van der Waals surface area contributed by atoms with Gasteiger partial charge >= 0.3 is 12.1 Å². The van der Waals surface area contributed by atoms with Gasteiger partial charge in [-0.1, -0.05) is 55.5 Å². The first-order valence-electron chi connectivity index (χ1n) is 12.1. The van der Waals surface area contributed by atoms with Crippen LogP contribution in [0.1, 0.15) is 43.7 Å². The summed E-state index contributed by atoms with van der Waals surface area (Å²) in [6, 6.07) is 16.1. The smallest absolute Gasteiger partial charge is 0.407 e. The lowest BCUT2D eigenvalue weighted by Gasteiger charge is -2.31. The Morgan fingerprint density at radius 3 is 2.34 bits per heavy atom. The first kappa shape index (κ1) is 24.7. The number of carboxylic acids is 1. The van der Waals surface area contributed by atoms with E-state index in [2.05, 4.69) is 29.6 Å². The van der Waals surface area contributed by atoms with Crippen molar-refractivity contribution in [2.45, 2.75) is 44.8 Å². The molecule has 35 heavy (non-hydrogen) atoms. The molecule has 1 fully saturated rings. The molecule has 2 aliphatic rings. The highest BCUT2D eigenvalue weighted by atomic mass is 16.5. The summed E-state index contributed by atoms with van der Waals surface area (Å²) in [5.41, 5.74) is 4.60. The number of hydrogen-bond donors (Lipinski definition) is 2. The molecule has 3 atom stereocenters.